The quantitative estimate of drug-likeness (QED) is 0.615. The van der Waals surface area contributed by atoms with Crippen LogP contribution in [0.25, 0.3) is 0 Å². The molecule has 0 saturated heterocycles. The number of hydrogen-bond donors (Lipinski definition) is 2. The first kappa shape index (κ1) is 19.6. The number of nitrogens with one attached hydrogen (secondary N) is 1. The third kappa shape index (κ3) is 5.02. The predicted octanol–water partition coefficient (Wildman–Crippen LogP) is 2.86. The molecule has 1 atom stereocenters. The molecule has 0 bridgehead atoms. The SMILES string of the molecule is COC(=O)CSc1ccc(NC(=O)[C@@](C)(O)C(F)(F)F)c(Cl)c1. The average molecular weight is 372 g/mol. The highest BCUT2D eigenvalue weighted by Crippen LogP contribution is 2.33. The number of hydrogen-bond acceptors (Lipinski definition) is 5. The molecule has 1 aromatic rings. The van der Waals surface area contributed by atoms with Crippen LogP contribution in [0.4, 0.5) is 18.9 Å². The zero-order chi connectivity index (χ0) is 17.8. The smallest absolute Gasteiger partial charge is 0.426 e. The average Bonchev–Trinajstić information content (AvgIpc) is 2.45. The Labute approximate surface area is 139 Å². The van der Waals surface area contributed by atoms with Gasteiger partial charge in [-0.05, 0) is 25.1 Å². The van der Waals surface area contributed by atoms with Gasteiger partial charge in [0.05, 0.1) is 23.6 Å². The third-order valence-electron chi connectivity index (χ3n) is 2.77. The van der Waals surface area contributed by atoms with E-state index >= 15 is 0 Å². The van der Waals surface area contributed by atoms with Gasteiger partial charge in [0.25, 0.3) is 5.91 Å². The van der Waals surface area contributed by atoms with Crippen LogP contribution in [0.2, 0.25) is 5.02 Å². The highest BCUT2D eigenvalue weighted by molar-refractivity contribution is 8.00. The number of halogens is 4. The van der Waals surface area contributed by atoms with E-state index in [0.29, 0.717) is 11.8 Å². The van der Waals surface area contributed by atoms with Crippen LogP contribution < -0.4 is 5.32 Å². The summed E-state index contributed by atoms with van der Waals surface area (Å²) in [4.78, 5) is 23.1. The Morgan fingerprint density at radius 2 is 2.00 bits per heavy atom. The molecule has 1 amide bonds. The topological polar surface area (TPSA) is 75.6 Å². The van der Waals surface area contributed by atoms with Gasteiger partial charge in [-0.1, -0.05) is 11.6 Å². The van der Waals surface area contributed by atoms with E-state index in [4.69, 9.17) is 11.6 Å². The maximum absolute atomic E-state index is 12.6. The summed E-state index contributed by atoms with van der Waals surface area (Å²) in [6.45, 7) is 0.344. The first-order chi connectivity index (χ1) is 10.5. The molecule has 10 heteroatoms. The number of carbonyl (C=O) groups is 2. The second-order valence-electron chi connectivity index (χ2n) is 4.53. The van der Waals surface area contributed by atoms with Gasteiger partial charge in [0, 0.05) is 4.90 Å². The van der Waals surface area contributed by atoms with E-state index in [-0.39, 0.29) is 16.5 Å². The molecule has 0 fully saturated rings. The van der Waals surface area contributed by atoms with Crippen molar-refractivity contribution in [2.24, 2.45) is 0 Å². The maximum Gasteiger partial charge on any atom is 0.426 e. The molecule has 2 N–H and O–H groups in total. The Hall–Kier alpha value is -1.45. The van der Waals surface area contributed by atoms with Crippen molar-refractivity contribution >= 4 is 40.9 Å². The minimum atomic E-state index is -5.13. The van der Waals surface area contributed by atoms with E-state index in [0.717, 1.165) is 11.8 Å². The fraction of sp³-hybridized carbons (Fsp3) is 0.385. The summed E-state index contributed by atoms with van der Waals surface area (Å²) in [5.41, 5.74) is -3.64. The molecule has 0 saturated carbocycles. The largest absolute Gasteiger partial charge is 0.468 e. The lowest BCUT2D eigenvalue weighted by Gasteiger charge is -2.25. The molecule has 0 aliphatic rings. The van der Waals surface area contributed by atoms with Gasteiger partial charge in [-0.25, -0.2) is 0 Å². The van der Waals surface area contributed by atoms with E-state index in [1.54, 1.807) is 0 Å². The van der Waals surface area contributed by atoms with Crippen molar-refractivity contribution in [3.63, 3.8) is 0 Å². The molecule has 0 aliphatic carbocycles. The number of rotatable bonds is 5. The van der Waals surface area contributed by atoms with E-state index in [1.807, 2.05) is 5.32 Å². The Balaban J connectivity index is 2.83. The van der Waals surface area contributed by atoms with E-state index in [9.17, 15) is 27.9 Å². The molecule has 23 heavy (non-hydrogen) atoms. The number of thioether (sulfide) groups is 1. The van der Waals surface area contributed by atoms with Crippen LogP contribution in [0.3, 0.4) is 0 Å². The Bertz CT molecular complexity index is 607. The number of alkyl halides is 3. The molecule has 0 radical (unpaired) electrons. The summed E-state index contributed by atoms with van der Waals surface area (Å²) in [7, 11) is 1.24. The number of amides is 1. The van der Waals surface area contributed by atoms with Crippen LogP contribution in [-0.4, -0.2) is 41.6 Å². The van der Waals surface area contributed by atoms with Crippen LogP contribution >= 0.6 is 23.4 Å². The van der Waals surface area contributed by atoms with Crippen molar-refractivity contribution in [2.75, 3.05) is 18.2 Å². The van der Waals surface area contributed by atoms with Crippen molar-refractivity contribution < 1.29 is 32.6 Å². The number of esters is 1. The first-order valence-electron chi connectivity index (χ1n) is 6.08. The van der Waals surface area contributed by atoms with Gasteiger partial charge in [0.1, 0.15) is 0 Å². The Morgan fingerprint density at radius 1 is 1.39 bits per heavy atom. The Kier molecular flexibility index (Phi) is 6.32. The van der Waals surface area contributed by atoms with Gasteiger partial charge in [-0.3, -0.25) is 9.59 Å². The molecule has 128 valence electrons. The number of ether oxygens (including phenoxy) is 1. The monoisotopic (exact) mass is 371 g/mol. The summed E-state index contributed by atoms with van der Waals surface area (Å²) in [6.07, 6.45) is -5.13. The van der Waals surface area contributed by atoms with Crippen molar-refractivity contribution in [3.8, 4) is 0 Å². The molecule has 5 nitrogen and oxygen atoms in total. The van der Waals surface area contributed by atoms with Crippen molar-refractivity contribution in [1.82, 2.24) is 0 Å². The molecule has 0 aromatic heterocycles. The normalized spacial score (nSPS) is 14.0. The molecule has 1 aromatic carbocycles. The number of anilines is 1. The number of carbonyl (C=O) groups excluding carboxylic acids is 2. The van der Waals surface area contributed by atoms with Crippen molar-refractivity contribution in [3.05, 3.63) is 23.2 Å². The molecule has 1 rings (SSSR count). The first-order valence-corrected chi connectivity index (χ1v) is 7.45. The highest BCUT2D eigenvalue weighted by Gasteiger charge is 2.55. The van der Waals surface area contributed by atoms with Crippen LogP contribution in [0.15, 0.2) is 23.1 Å². The van der Waals surface area contributed by atoms with Gasteiger partial charge in [-0.2, -0.15) is 13.2 Å². The summed E-state index contributed by atoms with van der Waals surface area (Å²) in [6, 6.07) is 4.09. The number of benzene rings is 1. The molecule has 0 spiro atoms. The lowest BCUT2D eigenvalue weighted by atomic mass is 10.1. The van der Waals surface area contributed by atoms with Crippen molar-refractivity contribution in [1.29, 1.82) is 0 Å². The van der Waals surface area contributed by atoms with Crippen LogP contribution in [0, 0.1) is 0 Å². The summed E-state index contributed by atoms with van der Waals surface area (Å²) in [5, 5.41) is 11.1. The zero-order valence-electron chi connectivity index (χ0n) is 12.0. The van der Waals surface area contributed by atoms with Gasteiger partial charge >= 0.3 is 12.1 Å². The highest BCUT2D eigenvalue weighted by atomic mass is 35.5. The third-order valence-corrected chi connectivity index (χ3v) is 4.05. The number of aliphatic hydroxyl groups is 1. The lowest BCUT2D eigenvalue weighted by molar-refractivity contribution is -0.242. The van der Waals surface area contributed by atoms with E-state index in [2.05, 4.69) is 4.74 Å². The van der Waals surface area contributed by atoms with Crippen LogP contribution in [0.1, 0.15) is 6.92 Å². The minimum absolute atomic E-state index is 0.0291. The molecule has 0 heterocycles. The van der Waals surface area contributed by atoms with Gasteiger partial charge in [0.15, 0.2) is 0 Å². The lowest BCUT2D eigenvalue weighted by Crippen LogP contribution is -2.52. The molecular weight excluding hydrogens is 359 g/mol. The van der Waals surface area contributed by atoms with Gasteiger partial charge in [-0.15, -0.1) is 11.8 Å². The second-order valence-corrected chi connectivity index (χ2v) is 5.99. The van der Waals surface area contributed by atoms with E-state index in [1.165, 1.54) is 25.3 Å². The van der Waals surface area contributed by atoms with Crippen LogP contribution in [0.5, 0.6) is 0 Å². The summed E-state index contributed by atoms with van der Waals surface area (Å²) < 4.78 is 42.2. The fourth-order valence-electron chi connectivity index (χ4n) is 1.26. The number of methoxy groups -OCH3 is 1. The second kappa shape index (κ2) is 7.41. The summed E-state index contributed by atoms with van der Waals surface area (Å²) >= 11 is 6.98. The maximum atomic E-state index is 12.6. The minimum Gasteiger partial charge on any atom is -0.468 e. The molecule has 0 aliphatic heterocycles. The summed E-state index contributed by atoms with van der Waals surface area (Å²) in [5.74, 6) is -2.08. The van der Waals surface area contributed by atoms with E-state index < -0.39 is 23.7 Å². The predicted molar refractivity (Wildman–Crippen MR) is 79.5 cm³/mol. The standard InChI is InChI=1S/C13H13ClF3NO4S/c1-12(21,13(15,16)17)11(20)18-9-4-3-7(5-8(9)14)23-6-10(19)22-2/h3-5,21H,6H2,1-2H3,(H,18,20)/t12-/m1/s1. The molecular formula is C13H13ClF3NO4S. The van der Waals surface area contributed by atoms with Crippen molar-refractivity contribution in [2.45, 2.75) is 23.6 Å². The van der Waals surface area contributed by atoms with Gasteiger partial charge < -0.3 is 15.2 Å². The fourth-order valence-corrected chi connectivity index (χ4v) is 2.32. The van der Waals surface area contributed by atoms with Crippen LogP contribution in [-0.2, 0) is 14.3 Å². The zero-order valence-corrected chi connectivity index (χ0v) is 13.6. The Morgan fingerprint density at radius 3 is 2.48 bits per heavy atom. The van der Waals surface area contributed by atoms with Gasteiger partial charge in [0.2, 0.25) is 5.60 Å². The molecule has 0 unspecified atom stereocenters.